The number of hydrogen-bond donors (Lipinski definition) is 0. The van der Waals surface area contributed by atoms with Crippen LogP contribution in [0.3, 0.4) is 0 Å². The van der Waals surface area contributed by atoms with Crippen molar-refractivity contribution in [1.29, 1.82) is 0 Å². The number of piperidine rings is 1. The van der Waals surface area contributed by atoms with Gasteiger partial charge < -0.3 is 4.90 Å². The number of likely N-dealkylation sites (tertiary alicyclic amines) is 1. The fourth-order valence-electron chi connectivity index (χ4n) is 3.41. The smallest absolute Gasteiger partial charge is 0.244 e. The molecule has 1 amide bonds. The van der Waals surface area contributed by atoms with E-state index in [0.29, 0.717) is 11.9 Å². The highest BCUT2D eigenvalue weighted by molar-refractivity contribution is 6.00. The summed E-state index contributed by atoms with van der Waals surface area (Å²) < 4.78 is 0. The van der Waals surface area contributed by atoms with Gasteiger partial charge in [0.05, 0.1) is 6.04 Å². The molecule has 3 rings (SSSR count). The maximum atomic E-state index is 12.7. The lowest BCUT2D eigenvalue weighted by Crippen LogP contribution is -2.44. The summed E-state index contributed by atoms with van der Waals surface area (Å²) in [4.78, 5) is 17.1. The number of nitrogens with zero attached hydrogens (tertiary/aromatic N) is 2. The van der Waals surface area contributed by atoms with E-state index in [1.807, 2.05) is 35.2 Å². The van der Waals surface area contributed by atoms with Gasteiger partial charge in [-0.2, -0.15) is 0 Å². The molecule has 2 fully saturated rings. The third-order valence-electron chi connectivity index (χ3n) is 4.39. The first-order chi connectivity index (χ1) is 9.27. The van der Waals surface area contributed by atoms with Crippen LogP contribution in [0.4, 0.5) is 5.69 Å². The fraction of sp³-hybridized carbons (Fsp3) is 0.562. The van der Waals surface area contributed by atoms with Gasteiger partial charge in [-0.15, -0.1) is 0 Å². The van der Waals surface area contributed by atoms with Gasteiger partial charge >= 0.3 is 0 Å². The van der Waals surface area contributed by atoms with Crippen molar-refractivity contribution in [2.24, 2.45) is 0 Å². The molecule has 0 bridgehead atoms. The molecule has 3 heteroatoms. The first-order valence-corrected chi connectivity index (χ1v) is 7.39. The molecule has 0 saturated carbocycles. The van der Waals surface area contributed by atoms with Gasteiger partial charge in [-0.25, -0.2) is 0 Å². The Hall–Kier alpha value is -1.35. The van der Waals surface area contributed by atoms with Crippen LogP contribution in [0, 0.1) is 0 Å². The van der Waals surface area contributed by atoms with Crippen LogP contribution in [0.1, 0.15) is 32.6 Å². The van der Waals surface area contributed by atoms with Crippen LogP contribution in [0.2, 0.25) is 0 Å². The van der Waals surface area contributed by atoms with E-state index >= 15 is 0 Å². The van der Waals surface area contributed by atoms with E-state index in [1.165, 1.54) is 19.3 Å². The highest BCUT2D eigenvalue weighted by Gasteiger charge is 2.41. The number of benzene rings is 1. The van der Waals surface area contributed by atoms with Crippen molar-refractivity contribution in [2.75, 3.05) is 18.0 Å². The number of hydrogen-bond acceptors (Lipinski definition) is 2. The molecule has 2 atom stereocenters. The standard InChI is InChI=1S/C16H22N2O/c1-13-12-15(17-10-6-3-7-11-17)16(19)18(13)14-8-4-2-5-9-14/h2,4-5,8-9,13,15H,3,6-7,10-12H2,1H3/t13-,15+/m1/s1. The maximum Gasteiger partial charge on any atom is 0.244 e. The Morgan fingerprint density at radius 3 is 2.42 bits per heavy atom. The van der Waals surface area contributed by atoms with Crippen LogP contribution in [-0.2, 0) is 4.79 Å². The van der Waals surface area contributed by atoms with Gasteiger partial charge in [0.2, 0.25) is 5.91 Å². The van der Waals surface area contributed by atoms with Crippen LogP contribution in [0.25, 0.3) is 0 Å². The van der Waals surface area contributed by atoms with Crippen LogP contribution < -0.4 is 4.90 Å². The van der Waals surface area contributed by atoms with Crippen LogP contribution in [0.5, 0.6) is 0 Å². The van der Waals surface area contributed by atoms with E-state index in [1.54, 1.807) is 0 Å². The second-order valence-corrected chi connectivity index (χ2v) is 5.74. The predicted octanol–water partition coefficient (Wildman–Crippen LogP) is 2.67. The summed E-state index contributed by atoms with van der Waals surface area (Å²) in [7, 11) is 0. The van der Waals surface area contributed by atoms with Crippen molar-refractivity contribution >= 4 is 11.6 Å². The second kappa shape index (κ2) is 5.33. The molecule has 0 spiro atoms. The monoisotopic (exact) mass is 258 g/mol. The predicted molar refractivity (Wildman–Crippen MR) is 77.2 cm³/mol. The lowest BCUT2D eigenvalue weighted by molar-refractivity contribution is -0.122. The Bertz CT molecular complexity index is 439. The van der Waals surface area contributed by atoms with Gasteiger partial charge in [-0.3, -0.25) is 9.69 Å². The number of amides is 1. The Kier molecular flexibility index (Phi) is 3.56. The van der Waals surface area contributed by atoms with Gasteiger partial charge in [-0.1, -0.05) is 24.6 Å². The molecule has 3 nitrogen and oxygen atoms in total. The van der Waals surface area contributed by atoms with Crippen molar-refractivity contribution in [3.05, 3.63) is 30.3 Å². The van der Waals surface area contributed by atoms with Crippen molar-refractivity contribution < 1.29 is 4.79 Å². The summed E-state index contributed by atoms with van der Waals surface area (Å²) in [5.74, 6) is 0.292. The first kappa shape index (κ1) is 12.7. The summed E-state index contributed by atoms with van der Waals surface area (Å²) in [6.07, 6.45) is 4.76. The minimum atomic E-state index is 0.107. The number of anilines is 1. The fourth-order valence-corrected chi connectivity index (χ4v) is 3.41. The van der Waals surface area contributed by atoms with Gasteiger partial charge in [0.25, 0.3) is 0 Å². The maximum absolute atomic E-state index is 12.7. The number of para-hydroxylation sites is 1. The zero-order chi connectivity index (χ0) is 13.2. The topological polar surface area (TPSA) is 23.6 Å². The van der Waals surface area contributed by atoms with Crippen molar-refractivity contribution in [3.8, 4) is 0 Å². The molecule has 0 radical (unpaired) electrons. The Morgan fingerprint density at radius 2 is 1.74 bits per heavy atom. The van der Waals surface area contributed by atoms with E-state index in [2.05, 4.69) is 11.8 Å². The molecule has 1 aromatic rings. The SMILES string of the molecule is C[C@@H]1C[C@H](N2CCCCC2)C(=O)N1c1ccccc1. The molecule has 0 aromatic heterocycles. The van der Waals surface area contributed by atoms with E-state index in [0.717, 1.165) is 25.2 Å². The second-order valence-electron chi connectivity index (χ2n) is 5.74. The van der Waals surface area contributed by atoms with E-state index in [9.17, 15) is 4.79 Å². The summed E-state index contributed by atoms with van der Waals surface area (Å²) >= 11 is 0. The highest BCUT2D eigenvalue weighted by atomic mass is 16.2. The van der Waals surface area contributed by atoms with Crippen LogP contribution >= 0.6 is 0 Å². The Labute approximate surface area is 115 Å². The average molecular weight is 258 g/mol. The van der Waals surface area contributed by atoms with Crippen LogP contribution in [-0.4, -0.2) is 36.0 Å². The zero-order valence-corrected chi connectivity index (χ0v) is 11.6. The lowest BCUT2D eigenvalue weighted by atomic mass is 10.1. The average Bonchev–Trinajstić information content (AvgIpc) is 2.76. The van der Waals surface area contributed by atoms with Crippen molar-refractivity contribution in [2.45, 2.75) is 44.7 Å². The molecule has 2 heterocycles. The number of rotatable bonds is 2. The molecular formula is C16H22N2O. The molecule has 0 unspecified atom stereocenters. The molecule has 0 N–H and O–H groups in total. The van der Waals surface area contributed by atoms with Crippen LogP contribution in [0.15, 0.2) is 30.3 Å². The van der Waals surface area contributed by atoms with E-state index in [4.69, 9.17) is 0 Å². The summed E-state index contributed by atoms with van der Waals surface area (Å²) in [5, 5.41) is 0. The molecule has 2 saturated heterocycles. The first-order valence-electron chi connectivity index (χ1n) is 7.39. The largest absolute Gasteiger partial charge is 0.308 e. The molecule has 102 valence electrons. The van der Waals surface area contributed by atoms with Gasteiger partial charge in [0, 0.05) is 11.7 Å². The molecular weight excluding hydrogens is 236 g/mol. The molecule has 0 aliphatic carbocycles. The molecule has 2 aliphatic rings. The molecule has 1 aromatic carbocycles. The minimum absolute atomic E-state index is 0.107. The third kappa shape index (κ3) is 2.39. The van der Waals surface area contributed by atoms with Crippen molar-refractivity contribution in [1.82, 2.24) is 4.90 Å². The quantitative estimate of drug-likeness (QED) is 0.814. The Balaban J connectivity index is 1.79. The van der Waals surface area contributed by atoms with Gasteiger partial charge in [0.15, 0.2) is 0 Å². The summed E-state index contributed by atoms with van der Waals surface area (Å²) in [5.41, 5.74) is 1.04. The highest BCUT2D eigenvalue weighted by Crippen LogP contribution is 2.30. The normalized spacial score (nSPS) is 28.9. The summed E-state index contributed by atoms with van der Waals surface area (Å²) in [6, 6.07) is 10.5. The summed E-state index contributed by atoms with van der Waals surface area (Å²) in [6.45, 7) is 4.34. The zero-order valence-electron chi connectivity index (χ0n) is 11.6. The van der Waals surface area contributed by atoms with E-state index < -0.39 is 0 Å². The number of carbonyl (C=O) groups is 1. The third-order valence-corrected chi connectivity index (χ3v) is 4.39. The lowest BCUT2D eigenvalue weighted by Gasteiger charge is -2.31. The van der Waals surface area contributed by atoms with Gasteiger partial charge in [0.1, 0.15) is 0 Å². The van der Waals surface area contributed by atoms with Gasteiger partial charge in [-0.05, 0) is 51.4 Å². The van der Waals surface area contributed by atoms with Crippen molar-refractivity contribution in [3.63, 3.8) is 0 Å². The Morgan fingerprint density at radius 1 is 1.05 bits per heavy atom. The minimum Gasteiger partial charge on any atom is -0.308 e. The molecule has 19 heavy (non-hydrogen) atoms. The molecule has 2 aliphatic heterocycles. The van der Waals surface area contributed by atoms with E-state index in [-0.39, 0.29) is 6.04 Å². The number of carbonyl (C=O) groups excluding carboxylic acids is 1.